The fourth-order valence-corrected chi connectivity index (χ4v) is 4.29. The lowest BCUT2D eigenvalue weighted by Gasteiger charge is -2.15. The zero-order valence-electron chi connectivity index (χ0n) is 16.6. The van der Waals surface area contributed by atoms with Crippen LogP contribution in [-0.4, -0.2) is 32.7 Å². The Labute approximate surface area is 174 Å². The first-order chi connectivity index (χ1) is 14.2. The van der Waals surface area contributed by atoms with Gasteiger partial charge in [0.15, 0.2) is 0 Å². The smallest absolute Gasteiger partial charge is 0.230 e. The Kier molecular flexibility index (Phi) is 6.34. The quantitative estimate of drug-likeness (QED) is 0.576. The van der Waals surface area contributed by atoms with Crippen molar-refractivity contribution in [3.63, 3.8) is 0 Å². The molecule has 1 fully saturated rings. The van der Waals surface area contributed by atoms with Gasteiger partial charge in [0.25, 0.3) is 0 Å². The second-order valence-corrected chi connectivity index (χ2v) is 8.69. The monoisotopic (exact) mass is 410 g/mol. The van der Waals surface area contributed by atoms with Crippen LogP contribution in [0.15, 0.2) is 42.6 Å². The van der Waals surface area contributed by atoms with Crippen LogP contribution in [0.3, 0.4) is 0 Å². The van der Waals surface area contributed by atoms with Crippen LogP contribution in [0.1, 0.15) is 49.2 Å². The molecule has 0 bridgehead atoms. The Hall–Kier alpha value is -2.54. The molecule has 3 aromatic rings. The number of pyridine rings is 1. The fraction of sp³-hybridized carbons (Fsp3) is 0.409. The minimum Gasteiger partial charge on any atom is -0.474 e. The summed E-state index contributed by atoms with van der Waals surface area (Å²) in [5, 5.41) is 3.09. The molecule has 1 aromatic carbocycles. The highest BCUT2D eigenvalue weighted by Crippen LogP contribution is 2.28. The largest absolute Gasteiger partial charge is 0.474 e. The predicted octanol–water partition coefficient (Wildman–Crippen LogP) is 4.39. The highest BCUT2D eigenvalue weighted by Gasteiger charge is 2.19. The molecule has 0 radical (unpaired) electrons. The average molecular weight is 411 g/mol. The number of aromatic amines is 1. The third kappa shape index (κ3) is 5.09. The van der Waals surface area contributed by atoms with Gasteiger partial charge in [-0.3, -0.25) is 4.79 Å². The molecule has 152 valence electrons. The third-order valence-corrected chi connectivity index (χ3v) is 6.32. The summed E-state index contributed by atoms with van der Waals surface area (Å²) >= 11 is 1.57. The Bertz CT molecular complexity index is 935. The molecule has 0 aliphatic heterocycles. The number of hydrogen-bond donors (Lipinski definition) is 2. The summed E-state index contributed by atoms with van der Waals surface area (Å²) in [6.45, 7) is 2.48. The maximum atomic E-state index is 12.4. The maximum Gasteiger partial charge on any atom is 0.230 e. The number of thioether (sulfide) groups is 1. The Morgan fingerprint density at radius 2 is 2.10 bits per heavy atom. The molecule has 0 saturated heterocycles. The first-order valence-electron chi connectivity index (χ1n) is 10.1. The van der Waals surface area contributed by atoms with E-state index in [4.69, 9.17) is 4.74 Å². The summed E-state index contributed by atoms with van der Waals surface area (Å²) in [5.41, 5.74) is 2.89. The number of amides is 1. The summed E-state index contributed by atoms with van der Waals surface area (Å²) in [4.78, 5) is 24.7. The van der Waals surface area contributed by atoms with Crippen molar-refractivity contribution in [3.8, 4) is 5.88 Å². The van der Waals surface area contributed by atoms with E-state index in [0.29, 0.717) is 18.2 Å². The van der Waals surface area contributed by atoms with E-state index in [9.17, 15) is 4.79 Å². The molecule has 1 amide bonds. The molecule has 1 unspecified atom stereocenters. The molecule has 29 heavy (non-hydrogen) atoms. The number of nitrogens with one attached hydrogen (secondary N) is 2. The van der Waals surface area contributed by atoms with E-state index in [0.717, 1.165) is 35.3 Å². The van der Waals surface area contributed by atoms with E-state index in [1.807, 2.05) is 36.4 Å². The number of ether oxygens (including phenoxy) is 1. The zero-order valence-corrected chi connectivity index (χ0v) is 17.4. The topological polar surface area (TPSA) is 79.9 Å². The lowest BCUT2D eigenvalue weighted by Crippen LogP contribution is -2.25. The van der Waals surface area contributed by atoms with Gasteiger partial charge in [-0.2, -0.15) is 0 Å². The number of benzene rings is 1. The number of fused-ring (bicyclic) bond motifs is 1. The van der Waals surface area contributed by atoms with Crippen LogP contribution in [0.2, 0.25) is 0 Å². The molecular formula is C22H26N4O2S. The molecule has 7 heteroatoms. The van der Waals surface area contributed by atoms with Crippen LogP contribution in [0, 0.1) is 0 Å². The highest BCUT2D eigenvalue weighted by atomic mass is 32.2. The lowest BCUT2D eigenvalue weighted by atomic mass is 10.2. The van der Waals surface area contributed by atoms with E-state index < -0.39 is 0 Å². The fourth-order valence-electron chi connectivity index (χ4n) is 3.52. The van der Waals surface area contributed by atoms with Crippen LogP contribution < -0.4 is 10.1 Å². The number of nitrogens with zero attached hydrogens (tertiary/aromatic N) is 2. The zero-order chi connectivity index (χ0) is 20.1. The van der Waals surface area contributed by atoms with Crippen molar-refractivity contribution >= 4 is 28.7 Å². The van der Waals surface area contributed by atoms with E-state index >= 15 is 0 Å². The van der Waals surface area contributed by atoms with E-state index in [1.165, 1.54) is 12.8 Å². The first kappa shape index (κ1) is 19.8. The van der Waals surface area contributed by atoms with Gasteiger partial charge >= 0.3 is 0 Å². The number of para-hydroxylation sites is 2. The summed E-state index contributed by atoms with van der Waals surface area (Å²) < 4.78 is 6.04. The number of carbonyl (C=O) groups excluding carboxylic acids is 1. The van der Waals surface area contributed by atoms with Gasteiger partial charge in [0.05, 0.1) is 22.0 Å². The van der Waals surface area contributed by atoms with Gasteiger partial charge in [0.2, 0.25) is 11.8 Å². The molecule has 1 saturated carbocycles. The third-order valence-electron chi connectivity index (χ3n) is 5.16. The van der Waals surface area contributed by atoms with Gasteiger partial charge in [0, 0.05) is 18.3 Å². The minimum atomic E-state index is -0.00590. The molecule has 6 nitrogen and oxygen atoms in total. The van der Waals surface area contributed by atoms with Crippen molar-refractivity contribution in [1.29, 1.82) is 0 Å². The summed E-state index contributed by atoms with van der Waals surface area (Å²) in [5.74, 6) is 1.90. The van der Waals surface area contributed by atoms with Crippen LogP contribution in [0.25, 0.3) is 11.0 Å². The highest BCUT2D eigenvalue weighted by molar-refractivity contribution is 8.00. The van der Waals surface area contributed by atoms with Gasteiger partial charge in [0.1, 0.15) is 11.9 Å². The Morgan fingerprint density at radius 3 is 2.93 bits per heavy atom. The SMILES string of the molecule is CC(SCC(=O)NCc1cccnc1OC1CCCC1)c1nc2ccccc2[nH]1. The van der Waals surface area contributed by atoms with Gasteiger partial charge in [-0.25, -0.2) is 9.97 Å². The predicted molar refractivity (Wildman–Crippen MR) is 116 cm³/mol. The number of rotatable bonds is 8. The van der Waals surface area contributed by atoms with Crippen molar-refractivity contribution in [3.05, 3.63) is 54.0 Å². The molecular weight excluding hydrogens is 384 g/mol. The molecule has 4 rings (SSSR count). The number of hydrogen-bond acceptors (Lipinski definition) is 5. The Morgan fingerprint density at radius 1 is 1.28 bits per heavy atom. The minimum absolute atomic E-state index is 0.00590. The first-order valence-corrected chi connectivity index (χ1v) is 11.2. The van der Waals surface area contributed by atoms with Gasteiger partial charge < -0.3 is 15.0 Å². The van der Waals surface area contributed by atoms with E-state index in [1.54, 1.807) is 18.0 Å². The normalized spacial score (nSPS) is 15.5. The van der Waals surface area contributed by atoms with Crippen molar-refractivity contribution < 1.29 is 9.53 Å². The Balaban J connectivity index is 1.28. The molecule has 1 aliphatic carbocycles. The van der Waals surface area contributed by atoms with Gasteiger partial charge in [-0.1, -0.05) is 18.2 Å². The molecule has 0 spiro atoms. The van der Waals surface area contributed by atoms with Crippen LogP contribution in [0.4, 0.5) is 0 Å². The molecule has 1 atom stereocenters. The number of H-pyrrole nitrogens is 1. The molecule has 1 aliphatic rings. The van der Waals surface area contributed by atoms with Crippen molar-refractivity contribution in [1.82, 2.24) is 20.3 Å². The van der Waals surface area contributed by atoms with Gasteiger partial charge in [-0.15, -0.1) is 11.8 Å². The van der Waals surface area contributed by atoms with Crippen LogP contribution in [0.5, 0.6) is 5.88 Å². The molecule has 2 heterocycles. The number of carbonyl (C=O) groups is 1. The summed E-state index contributed by atoms with van der Waals surface area (Å²) in [6, 6.07) is 11.8. The van der Waals surface area contributed by atoms with Crippen molar-refractivity contribution in [2.45, 2.75) is 50.5 Å². The van der Waals surface area contributed by atoms with Crippen molar-refractivity contribution in [2.24, 2.45) is 0 Å². The average Bonchev–Trinajstić information content (AvgIpc) is 3.41. The standard InChI is InChI=1S/C22H26N4O2S/c1-15(21-25-18-10-4-5-11-19(18)26-21)29-14-20(27)24-13-16-7-6-12-23-22(16)28-17-8-2-3-9-17/h4-7,10-12,15,17H,2-3,8-9,13-14H2,1H3,(H,24,27)(H,25,26). The van der Waals surface area contributed by atoms with E-state index in [2.05, 4.69) is 27.2 Å². The maximum absolute atomic E-state index is 12.4. The van der Waals surface area contributed by atoms with Crippen LogP contribution >= 0.6 is 11.8 Å². The lowest BCUT2D eigenvalue weighted by molar-refractivity contribution is -0.118. The van der Waals surface area contributed by atoms with Crippen molar-refractivity contribution in [2.75, 3.05) is 5.75 Å². The summed E-state index contributed by atoms with van der Waals surface area (Å²) in [6.07, 6.45) is 6.58. The second-order valence-electron chi connectivity index (χ2n) is 7.36. The second kappa shape index (κ2) is 9.31. The van der Waals surface area contributed by atoms with Gasteiger partial charge in [-0.05, 0) is 50.8 Å². The number of aromatic nitrogens is 3. The molecule has 2 N–H and O–H groups in total. The molecule has 2 aromatic heterocycles. The summed E-state index contributed by atoms with van der Waals surface area (Å²) in [7, 11) is 0. The van der Waals surface area contributed by atoms with E-state index in [-0.39, 0.29) is 17.3 Å². The van der Waals surface area contributed by atoms with Crippen LogP contribution in [-0.2, 0) is 11.3 Å². The number of imidazole rings is 1.